The number of rotatable bonds is 2. The van der Waals surface area contributed by atoms with Gasteiger partial charge >= 0.3 is 6.18 Å². The Kier molecular flexibility index (Phi) is 4.05. The summed E-state index contributed by atoms with van der Waals surface area (Å²) in [6.45, 7) is 0.895. The highest BCUT2D eigenvalue weighted by Crippen LogP contribution is 2.31. The van der Waals surface area contributed by atoms with E-state index in [4.69, 9.17) is 0 Å². The van der Waals surface area contributed by atoms with Crippen molar-refractivity contribution in [2.24, 2.45) is 5.92 Å². The lowest BCUT2D eigenvalue weighted by atomic mass is 9.83. The molecule has 1 saturated heterocycles. The predicted octanol–water partition coefficient (Wildman–Crippen LogP) is 1.48. The topological polar surface area (TPSA) is 66.1 Å². The summed E-state index contributed by atoms with van der Waals surface area (Å²) in [6, 6.07) is 2.63. The van der Waals surface area contributed by atoms with Gasteiger partial charge in [0.15, 0.2) is 5.69 Å². The lowest BCUT2D eigenvalue weighted by Crippen LogP contribution is -2.45. The minimum absolute atomic E-state index is 0.123. The van der Waals surface area contributed by atoms with E-state index in [1.807, 2.05) is 0 Å². The molecule has 1 saturated carbocycles. The lowest BCUT2D eigenvalue weighted by molar-refractivity contribution is -0.141. The van der Waals surface area contributed by atoms with Gasteiger partial charge in [-0.1, -0.05) is 0 Å². The van der Waals surface area contributed by atoms with Crippen LogP contribution in [0, 0.1) is 5.92 Å². The van der Waals surface area contributed by atoms with E-state index >= 15 is 0 Å². The van der Waals surface area contributed by atoms with Crippen molar-refractivity contribution in [2.45, 2.75) is 37.5 Å². The summed E-state index contributed by atoms with van der Waals surface area (Å²) < 4.78 is 38.7. The number of carbonyl (C=O) groups excluding carboxylic acids is 1. The minimum atomic E-state index is -4.64. The van der Waals surface area contributed by atoms with Crippen molar-refractivity contribution in [3.63, 3.8) is 0 Å². The largest absolute Gasteiger partial charge is 0.434 e. The number of hydrogen-bond donors (Lipinski definition) is 3. The van der Waals surface area contributed by atoms with Crippen LogP contribution in [0.3, 0.4) is 0 Å². The van der Waals surface area contributed by atoms with Gasteiger partial charge < -0.3 is 5.32 Å². The molecule has 22 heavy (non-hydrogen) atoms. The van der Waals surface area contributed by atoms with Crippen LogP contribution in [0.15, 0.2) is 18.3 Å². The molecule has 2 aliphatic rings. The fraction of sp³-hybridized carbons (Fsp3) is 0.571. The highest BCUT2D eigenvalue weighted by molar-refractivity contribution is 5.95. The SMILES string of the molecule is O=C(NC1CCC2CNNC2C1)c1cccnc1C(F)(F)F. The summed E-state index contributed by atoms with van der Waals surface area (Å²) in [6.07, 6.45) is -1.17. The molecular weight excluding hydrogens is 297 g/mol. The Labute approximate surface area is 125 Å². The summed E-state index contributed by atoms with van der Waals surface area (Å²) in [5, 5.41) is 2.71. The van der Waals surface area contributed by atoms with Crippen LogP contribution in [0.25, 0.3) is 0 Å². The molecule has 8 heteroatoms. The van der Waals surface area contributed by atoms with Crippen molar-refractivity contribution in [3.8, 4) is 0 Å². The van der Waals surface area contributed by atoms with Gasteiger partial charge in [0.05, 0.1) is 5.56 Å². The standard InChI is InChI=1S/C14H17F3N4O/c15-14(16,17)12-10(2-1-5-18-12)13(22)20-9-4-3-8-7-19-21-11(8)6-9/h1-2,5,8-9,11,19,21H,3-4,6-7H2,(H,20,22). The van der Waals surface area contributed by atoms with Gasteiger partial charge in [-0.25, -0.2) is 0 Å². The number of hydrogen-bond acceptors (Lipinski definition) is 4. The van der Waals surface area contributed by atoms with Crippen molar-refractivity contribution in [3.05, 3.63) is 29.6 Å². The van der Waals surface area contributed by atoms with Crippen LogP contribution in [0.2, 0.25) is 0 Å². The van der Waals surface area contributed by atoms with Crippen molar-refractivity contribution >= 4 is 5.91 Å². The smallest absolute Gasteiger partial charge is 0.349 e. The Bertz CT molecular complexity index is 563. The van der Waals surface area contributed by atoms with E-state index in [2.05, 4.69) is 21.2 Å². The second-order valence-electron chi connectivity index (χ2n) is 5.77. The highest BCUT2D eigenvalue weighted by Gasteiger charge is 2.38. The Morgan fingerprint density at radius 1 is 1.36 bits per heavy atom. The lowest BCUT2D eigenvalue weighted by Gasteiger charge is -2.31. The molecule has 120 valence electrons. The Hall–Kier alpha value is -1.67. The second-order valence-corrected chi connectivity index (χ2v) is 5.77. The number of carbonyl (C=O) groups is 1. The third kappa shape index (κ3) is 3.07. The fourth-order valence-corrected chi connectivity index (χ4v) is 3.18. The summed E-state index contributed by atoms with van der Waals surface area (Å²) in [7, 11) is 0. The van der Waals surface area contributed by atoms with E-state index in [1.54, 1.807) is 0 Å². The monoisotopic (exact) mass is 314 g/mol. The number of halogens is 3. The molecule has 5 nitrogen and oxygen atoms in total. The van der Waals surface area contributed by atoms with Gasteiger partial charge in [-0.2, -0.15) is 13.2 Å². The van der Waals surface area contributed by atoms with Gasteiger partial charge in [0.25, 0.3) is 5.91 Å². The van der Waals surface area contributed by atoms with E-state index in [1.165, 1.54) is 6.07 Å². The van der Waals surface area contributed by atoms with Crippen molar-refractivity contribution < 1.29 is 18.0 Å². The third-order valence-electron chi connectivity index (χ3n) is 4.30. The van der Waals surface area contributed by atoms with Gasteiger partial charge in [-0.15, -0.1) is 0 Å². The summed E-state index contributed by atoms with van der Waals surface area (Å²) >= 11 is 0. The predicted molar refractivity (Wildman–Crippen MR) is 72.8 cm³/mol. The second kappa shape index (κ2) is 5.85. The maximum absolute atomic E-state index is 12.9. The van der Waals surface area contributed by atoms with Gasteiger partial charge in [-0.05, 0) is 37.3 Å². The zero-order valence-corrected chi connectivity index (χ0v) is 11.8. The molecule has 0 bridgehead atoms. The van der Waals surface area contributed by atoms with E-state index in [9.17, 15) is 18.0 Å². The summed E-state index contributed by atoms with van der Waals surface area (Å²) in [5.41, 5.74) is 4.66. The Balaban J connectivity index is 1.70. The molecule has 2 heterocycles. The molecule has 0 spiro atoms. The number of fused-ring (bicyclic) bond motifs is 1. The maximum atomic E-state index is 12.9. The number of alkyl halides is 3. The third-order valence-corrected chi connectivity index (χ3v) is 4.30. The quantitative estimate of drug-likeness (QED) is 0.773. The molecular formula is C14H17F3N4O. The van der Waals surface area contributed by atoms with Crippen LogP contribution in [0.4, 0.5) is 13.2 Å². The van der Waals surface area contributed by atoms with E-state index in [0.29, 0.717) is 12.3 Å². The Morgan fingerprint density at radius 2 is 2.18 bits per heavy atom. The molecule has 3 rings (SSSR count). The maximum Gasteiger partial charge on any atom is 0.434 e. The van der Waals surface area contributed by atoms with E-state index in [-0.39, 0.29) is 12.1 Å². The first-order valence-electron chi connectivity index (χ1n) is 7.26. The molecule has 1 aromatic heterocycles. The van der Waals surface area contributed by atoms with Crippen LogP contribution in [-0.4, -0.2) is 29.5 Å². The highest BCUT2D eigenvalue weighted by atomic mass is 19.4. The Morgan fingerprint density at radius 3 is 2.95 bits per heavy atom. The van der Waals surface area contributed by atoms with Crippen LogP contribution >= 0.6 is 0 Å². The van der Waals surface area contributed by atoms with E-state index < -0.39 is 23.3 Å². The molecule has 3 atom stereocenters. The summed E-state index contributed by atoms with van der Waals surface area (Å²) in [4.78, 5) is 15.5. The first kappa shape index (κ1) is 15.2. The molecule has 2 fully saturated rings. The number of pyridine rings is 1. The van der Waals surface area contributed by atoms with Crippen LogP contribution < -0.4 is 16.2 Å². The average Bonchev–Trinajstić information content (AvgIpc) is 2.94. The molecule has 3 unspecified atom stereocenters. The van der Waals surface area contributed by atoms with E-state index in [0.717, 1.165) is 31.6 Å². The molecule has 1 aliphatic heterocycles. The number of amides is 1. The average molecular weight is 314 g/mol. The number of nitrogens with zero attached hydrogens (tertiary/aromatic N) is 1. The number of nitrogens with one attached hydrogen (secondary N) is 3. The number of hydrazine groups is 1. The molecule has 1 aromatic rings. The zero-order chi connectivity index (χ0) is 15.7. The molecule has 1 aliphatic carbocycles. The zero-order valence-electron chi connectivity index (χ0n) is 11.8. The summed E-state index contributed by atoms with van der Waals surface area (Å²) in [5.74, 6) is -0.188. The fourth-order valence-electron chi connectivity index (χ4n) is 3.18. The molecule has 3 N–H and O–H groups in total. The molecule has 0 aromatic carbocycles. The van der Waals surface area contributed by atoms with Gasteiger partial charge in [0, 0.05) is 24.8 Å². The molecule has 1 amide bonds. The van der Waals surface area contributed by atoms with Gasteiger partial charge in [-0.3, -0.25) is 20.6 Å². The van der Waals surface area contributed by atoms with Crippen LogP contribution in [-0.2, 0) is 6.18 Å². The van der Waals surface area contributed by atoms with Crippen molar-refractivity contribution in [1.29, 1.82) is 0 Å². The van der Waals surface area contributed by atoms with Crippen molar-refractivity contribution in [2.75, 3.05) is 6.54 Å². The van der Waals surface area contributed by atoms with Crippen LogP contribution in [0.1, 0.15) is 35.3 Å². The van der Waals surface area contributed by atoms with Gasteiger partial charge in [0.1, 0.15) is 0 Å². The van der Waals surface area contributed by atoms with Crippen LogP contribution in [0.5, 0.6) is 0 Å². The molecule has 0 radical (unpaired) electrons. The number of aromatic nitrogens is 1. The normalized spacial score (nSPS) is 28.2. The first-order valence-corrected chi connectivity index (χ1v) is 7.26. The first-order chi connectivity index (χ1) is 10.4. The minimum Gasteiger partial charge on any atom is -0.349 e. The van der Waals surface area contributed by atoms with Crippen molar-refractivity contribution in [1.82, 2.24) is 21.2 Å². The van der Waals surface area contributed by atoms with Gasteiger partial charge in [0.2, 0.25) is 0 Å².